The summed E-state index contributed by atoms with van der Waals surface area (Å²) in [5.74, 6) is -0.331. The molecule has 7 nitrogen and oxygen atoms in total. The second kappa shape index (κ2) is 7.32. The summed E-state index contributed by atoms with van der Waals surface area (Å²) in [5, 5.41) is 4.98. The van der Waals surface area contributed by atoms with Gasteiger partial charge in [0.1, 0.15) is 11.1 Å². The lowest BCUT2D eigenvalue weighted by Crippen LogP contribution is -2.39. The number of carbonyl (C=O) groups is 2. The Morgan fingerprint density at radius 2 is 2.45 bits per heavy atom. The number of ether oxygens (including phenoxy) is 1. The van der Waals surface area contributed by atoms with Gasteiger partial charge in [0.15, 0.2) is 0 Å². The van der Waals surface area contributed by atoms with Crippen molar-refractivity contribution in [1.82, 2.24) is 15.2 Å². The highest BCUT2D eigenvalue weighted by Gasteiger charge is 2.23. The van der Waals surface area contributed by atoms with Crippen molar-refractivity contribution in [3.05, 3.63) is 16.6 Å². The number of primary amides is 1. The summed E-state index contributed by atoms with van der Waals surface area (Å²) in [4.78, 5) is 28.3. The van der Waals surface area contributed by atoms with Crippen LogP contribution >= 0.6 is 11.3 Å². The van der Waals surface area contributed by atoms with E-state index in [0.717, 1.165) is 24.6 Å². The van der Waals surface area contributed by atoms with E-state index in [1.165, 1.54) is 0 Å². The lowest BCUT2D eigenvalue weighted by atomic mass is 10.2. The minimum Gasteiger partial charge on any atom is -0.368 e. The molecule has 1 fully saturated rings. The first-order valence-electron chi connectivity index (χ1n) is 6.48. The molecule has 0 radical (unpaired) electrons. The smallest absolute Gasteiger partial charge is 0.318 e. The maximum absolute atomic E-state index is 11.3. The lowest BCUT2D eigenvalue weighted by molar-refractivity contribution is -0.120. The Morgan fingerprint density at radius 3 is 3.15 bits per heavy atom. The zero-order valence-electron chi connectivity index (χ0n) is 11.1. The Hall–Kier alpha value is -1.51. The Bertz CT molecular complexity index is 452. The van der Waals surface area contributed by atoms with Gasteiger partial charge < -0.3 is 10.5 Å². The molecule has 0 unspecified atom stereocenters. The van der Waals surface area contributed by atoms with E-state index < -0.39 is 6.03 Å². The third kappa shape index (κ3) is 4.55. The first-order valence-corrected chi connectivity index (χ1v) is 7.36. The van der Waals surface area contributed by atoms with Crippen LogP contribution in [0.2, 0.25) is 0 Å². The van der Waals surface area contributed by atoms with Gasteiger partial charge in [0.2, 0.25) is 5.91 Å². The van der Waals surface area contributed by atoms with Gasteiger partial charge in [0.05, 0.1) is 6.61 Å². The molecule has 1 aliphatic rings. The number of hydrogen-bond donors (Lipinski definition) is 2. The Kier molecular flexibility index (Phi) is 5.45. The monoisotopic (exact) mass is 298 g/mol. The molecule has 3 amide bonds. The number of rotatable bonds is 5. The molecule has 110 valence electrons. The van der Waals surface area contributed by atoms with Crippen molar-refractivity contribution in [1.29, 1.82) is 0 Å². The van der Waals surface area contributed by atoms with Crippen molar-refractivity contribution in [3.63, 3.8) is 0 Å². The van der Waals surface area contributed by atoms with Gasteiger partial charge in [-0.05, 0) is 13.0 Å². The predicted octanol–water partition coefficient (Wildman–Crippen LogP) is 0.491. The Morgan fingerprint density at radius 1 is 1.60 bits per heavy atom. The number of nitrogens with two attached hydrogens (primary N) is 1. The maximum atomic E-state index is 11.3. The van der Waals surface area contributed by atoms with Crippen LogP contribution in [0, 0.1) is 0 Å². The Labute approximate surface area is 121 Å². The van der Waals surface area contributed by atoms with Crippen LogP contribution in [0.1, 0.15) is 24.0 Å². The van der Waals surface area contributed by atoms with Gasteiger partial charge in [-0.3, -0.25) is 15.0 Å². The Balaban J connectivity index is 1.71. The van der Waals surface area contributed by atoms with Crippen LogP contribution < -0.4 is 11.1 Å². The van der Waals surface area contributed by atoms with Crippen molar-refractivity contribution >= 4 is 23.3 Å². The number of amides is 3. The highest BCUT2D eigenvalue weighted by molar-refractivity contribution is 7.09. The SMILES string of the molecule is NC(=O)NC(=O)CCCN1CCO[C@H](c2nccs2)C1. The number of aromatic nitrogens is 1. The second-order valence-corrected chi connectivity index (χ2v) is 5.47. The zero-order valence-corrected chi connectivity index (χ0v) is 11.9. The first-order chi connectivity index (χ1) is 9.65. The van der Waals surface area contributed by atoms with Crippen molar-refractivity contribution in [3.8, 4) is 0 Å². The number of urea groups is 1. The molecule has 2 rings (SSSR count). The summed E-state index contributed by atoms with van der Waals surface area (Å²) in [6.45, 7) is 3.08. The molecule has 0 bridgehead atoms. The number of nitrogens with one attached hydrogen (secondary N) is 1. The topological polar surface area (TPSA) is 97.5 Å². The maximum Gasteiger partial charge on any atom is 0.318 e. The normalized spacial score (nSPS) is 19.7. The molecule has 1 aliphatic heterocycles. The standard InChI is InChI=1S/C12H18N4O3S/c13-12(18)15-10(17)2-1-4-16-5-6-19-9(8-16)11-14-3-7-20-11/h3,7,9H,1-2,4-6,8H2,(H3,13,15,17,18)/t9-/m0/s1. The van der Waals surface area contributed by atoms with Gasteiger partial charge in [-0.15, -0.1) is 11.3 Å². The molecule has 1 atom stereocenters. The molecule has 20 heavy (non-hydrogen) atoms. The summed E-state index contributed by atoms with van der Waals surface area (Å²) < 4.78 is 5.70. The number of hydrogen-bond acceptors (Lipinski definition) is 6. The number of thiazole rings is 1. The van der Waals surface area contributed by atoms with Gasteiger partial charge in [0.25, 0.3) is 0 Å². The fourth-order valence-electron chi connectivity index (χ4n) is 2.11. The zero-order chi connectivity index (χ0) is 14.4. The van der Waals surface area contributed by atoms with Crippen LogP contribution in [0.5, 0.6) is 0 Å². The molecule has 0 saturated carbocycles. The van der Waals surface area contributed by atoms with Crippen molar-refractivity contribution in [2.24, 2.45) is 5.73 Å². The van der Waals surface area contributed by atoms with Gasteiger partial charge in [-0.1, -0.05) is 0 Å². The molecule has 8 heteroatoms. The third-order valence-corrected chi connectivity index (χ3v) is 3.89. The van der Waals surface area contributed by atoms with E-state index in [0.29, 0.717) is 19.4 Å². The fourth-order valence-corrected chi connectivity index (χ4v) is 2.79. The van der Waals surface area contributed by atoms with E-state index >= 15 is 0 Å². The number of carbonyl (C=O) groups excluding carboxylic acids is 2. The van der Waals surface area contributed by atoms with E-state index in [1.54, 1.807) is 17.5 Å². The van der Waals surface area contributed by atoms with Crippen LogP contribution in [0.25, 0.3) is 0 Å². The molecule has 2 heterocycles. The molecule has 0 aliphatic carbocycles. The summed E-state index contributed by atoms with van der Waals surface area (Å²) in [6.07, 6.45) is 2.77. The highest BCUT2D eigenvalue weighted by Crippen LogP contribution is 2.23. The molecule has 1 saturated heterocycles. The average Bonchev–Trinajstić information content (AvgIpc) is 2.92. The summed E-state index contributed by atoms with van der Waals surface area (Å²) in [6, 6.07) is -0.801. The minimum absolute atomic E-state index is 0.0168. The van der Waals surface area contributed by atoms with Gasteiger partial charge in [0, 0.05) is 31.1 Å². The van der Waals surface area contributed by atoms with Crippen LogP contribution in [0.4, 0.5) is 4.79 Å². The van der Waals surface area contributed by atoms with Crippen molar-refractivity contribution in [2.75, 3.05) is 26.2 Å². The number of morpholine rings is 1. The second-order valence-electron chi connectivity index (χ2n) is 4.55. The summed E-state index contributed by atoms with van der Waals surface area (Å²) in [5.41, 5.74) is 4.88. The van der Waals surface area contributed by atoms with E-state index in [-0.39, 0.29) is 12.0 Å². The van der Waals surface area contributed by atoms with Crippen LogP contribution in [0.15, 0.2) is 11.6 Å². The summed E-state index contributed by atoms with van der Waals surface area (Å²) >= 11 is 1.59. The van der Waals surface area contributed by atoms with E-state index in [4.69, 9.17) is 10.5 Å². The van der Waals surface area contributed by atoms with Gasteiger partial charge in [-0.2, -0.15) is 0 Å². The number of imide groups is 1. The molecule has 1 aromatic rings. The van der Waals surface area contributed by atoms with Crippen molar-refractivity contribution < 1.29 is 14.3 Å². The van der Waals surface area contributed by atoms with Crippen LogP contribution in [0.3, 0.4) is 0 Å². The fraction of sp³-hybridized carbons (Fsp3) is 0.583. The predicted molar refractivity (Wildman–Crippen MR) is 74.2 cm³/mol. The summed E-state index contributed by atoms with van der Waals surface area (Å²) in [7, 11) is 0. The molecule has 0 aromatic carbocycles. The molecule has 3 N–H and O–H groups in total. The van der Waals surface area contributed by atoms with Gasteiger partial charge in [-0.25, -0.2) is 9.78 Å². The molecular formula is C12H18N4O3S. The quantitative estimate of drug-likeness (QED) is 0.824. The largest absolute Gasteiger partial charge is 0.368 e. The van der Waals surface area contributed by atoms with E-state index in [9.17, 15) is 9.59 Å². The minimum atomic E-state index is -0.801. The van der Waals surface area contributed by atoms with E-state index in [2.05, 4.69) is 15.2 Å². The van der Waals surface area contributed by atoms with E-state index in [1.807, 2.05) is 5.38 Å². The van der Waals surface area contributed by atoms with Crippen LogP contribution in [-0.4, -0.2) is 48.1 Å². The first kappa shape index (κ1) is 14.9. The molecule has 0 spiro atoms. The molecule has 1 aromatic heterocycles. The van der Waals surface area contributed by atoms with Crippen molar-refractivity contribution in [2.45, 2.75) is 18.9 Å². The third-order valence-electron chi connectivity index (χ3n) is 3.02. The lowest BCUT2D eigenvalue weighted by Gasteiger charge is -2.31. The molecular weight excluding hydrogens is 280 g/mol. The van der Waals surface area contributed by atoms with Crippen LogP contribution in [-0.2, 0) is 9.53 Å². The highest BCUT2D eigenvalue weighted by atomic mass is 32.1. The van der Waals surface area contributed by atoms with Gasteiger partial charge >= 0.3 is 6.03 Å². The number of nitrogens with zero attached hydrogens (tertiary/aromatic N) is 2. The average molecular weight is 298 g/mol.